The number of rotatable bonds is 3. The lowest BCUT2D eigenvalue weighted by atomic mass is 10.1. The first-order chi connectivity index (χ1) is 10.3. The maximum absolute atomic E-state index is 5.64. The molecular weight excluding hydrogens is 288 g/mol. The predicted molar refractivity (Wildman–Crippen MR) is 78.0 cm³/mol. The van der Waals surface area contributed by atoms with Gasteiger partial charge in [0.25, 0.3) is 0 Å². The Morgan fingerprint density at radius 3 is 3.19 bits per heavy atom. The van der Waals surface area contributed by atoms with E-state index in [1.165, 1.54) is 11.3 Å². The molecule has 7 nitrogen and oxygen atoms in total. The molecule has 0 saturated carbocycles. The van der Waals surface area contributed by atoms with E-state index in [1.807, 2.05) is 16.6 Å². The quantitative estimate of drug-likeness (QED) is 0.782. The Labute approximate surface area is 124 Å². The maximum Gasteiger partial charge on any atom is 0.234 e. The van der Waals surface area contributed by atoms with Gasteiger partial charge in [0.15, 0.2) is 5.82 Å². The van der Waals surface area contributed by atoms with Gasteiger partial charge in [0.1, 0.15) is 5.01 Å². The highest BCUT2D eigenvalue weighted by Gasteiger charge is 2.25. The fourth-order valence-corrected chi connectivity index (χ4v) is 3.31. The Bertz CT molecular complexity index is 776. The van der Waals surface area contributed by atoms with Crippen LogP contribution in [0.15, 0.2) is 18.3 Å². The lowest BCUT2D eigenvalue weighted by Crippen LogP contribution is -2.04. The average molecular weight is 302 g/mol. The van der Waals surface area contributed by atoms with E-state index < -0.39 is 0 Å². The topological polar surface area (TPSA) is 91.2 Å². The minimum atomic E-state index is 0.284. The monoisotopic (exact) mass is 302 g/mol. The Morgan fingerprint density at radius 1 is 1.43 bits per heavy atom. The average Bonchev–Trinajstić information content (AvgIpc) is 3.23. The SMILES string of the molecule is NCc1cc(-c2nn3c(C4CCOC4)nnc3s2)ccn1. The summed E-state index contributed by atoms with van der Waals surface area (Å²) in [5, 5.41) is 14.0. The van der Waals surface area contributed by atoms with Crippen molar-refractivity contribution in [2.75, 3.05) is 13.2 Å². The van der Waals surface area contributed by atoms with Crippen molar-refractivity contribution >= 4 is 16.3 Å². The van der Waals surface area contributed by atoms with Gasteiger partial charge in [-0.3, -0.25) is 4.98 Å². The van der Waals surface area contributed by atoms with Crippen LogP contribution in [0.1, 0.15) is 23.9 Å². The molecule has 3 aromatic heterocycles. The van der Waals surface area contributed by atoms with Gasteiger partial charge >= 0.3 is 0 Å². The zero-order chi connectivity index (χ0) is 14.2. The minimum absolute atomic E-state index is 0.284. The van der Waals surface area contributed by atoms with Crippen LogP contribution in [0, 0.1) is 0 Å². The van der Waals surface area contributed by atoms with Gasteiger partial charge in [-0.25, -0.2) is 0 Å². The summed E-state index contributed by atoms with van der Waals surface area (Å²) in [7, 11) is 0. The lowest BCUT2D eigenvalue weighted by molar-refractivity contribution is 0.193. The number of nitrogens with two attached hydrogens (primary N) is 1. The number of pyridine rings is 1. The Morgan fingerprint density at radius 2 is 2.38 bits per heavy atom. The molecule has 4 heterocycles. The van der Waals surface area contributed by atoms with Crippen molar-refractivity contribution < 1.29 is 4.74 Å². The number of ether oxygens (including phenoxy) is 1. The van der Waals surface area contributed by atoms with Gasteiger partial charge in [0.05, 0.1) is 12.3 Å². The van der Waals surface area contributed by atoms with E-state index in [1.54, 1.807) is 6.20 Å². The molecule has 4 rings (SSSR count). The van der Waals surface area contributed by atoms with E-state index in [2.05, 4.69) is 20.3 Å². The van der Waals surface area contributed by atoms with Gasteiger partial charge in [0.2, 0.25) is 4.96 Å². The first kappa shape index (κ1) is 12.8. The lowest BCUT2D eigenvalue weighted by Gasteiger charge is -2.02. The van der Waals surface area contributed by atoms with Crippen molar-refractivity contribution in [3.05, 3.63) is 29.8 Å². The molecule has 0 spiro atoms. The van der Waals surface area contributed by atoms with E-state index in [-0.39, 0.29) is 5.92 Å². The predicted octanol–water partition coefficient (Wildman–Crippen LogP) is 1.21. The van der Waals surface area contributed by atoms with E-state index in [4.69, 9.17) is 10.5 Å². The molecule has 3 aromatic rings. The van der Waals surface area contributed by atoms with Crippen LogP contribution in [-0.2, 0) is 11.3 Å². The van der Waals surface area contributed by atoms with Gasteiger partial charge in [-0.1, -0.05) is 11.3 Å². The normalized spacial score (nSPS) is 18.6. The number of fused-ring (bicyclic) bond motifs is 1. The van der Waals surface area contributed by atoms with Gasteiger partial charge in [-0.15, -0.1) is 10.2 Å². The van der Waals surface area contributed by atoms with Gasteiger partial charge in [-0.2, -0.15) is 9.61 Å². The molecular formula is C13H14N6OS. The maximum atomic E-state index is 5.64. The largest absolute Gasteiger partial charge is 0.381 e. The third-order valence-corrected chi connectivity index (χ3v) is 4.53. The summed E-state index contributed by atoms with van der Waals surface area (Å²) in [6.07, 6.45) is 2.73. The zero-order valence-corrected chi connectivity index (χ0v) is 12.1. The van der Waals surface area contributed by atoms with Gasteiger partial charge < -0.3 is 10.5 Å². The second-order valence-corrected chi connectivity index (χ2v) is 5.92. The van der Waals surface area contributed by atoms with Crippen LogP contribution < -0.4 is 5.73 Å². The molecule has 2 N–H and O–H groups in total. The Hall–Kier alpha value is -1.90. The smallest absolute Gasteiger partial charge is 0.234 e. The first-order valence-corrected chi connectivity index (χ1v) is 7.62. The van der Waals surface area contributed by atoms with Gasteiger partial charge in [-0.05, 0) is 18.6 Å². The number of hydrogen-bond donors (Lipinski definition) is 1. The Kier molecular flexibility index (Phi) is 3.13. The van der Waals surface area contributed by atoms with Crippen molar-refractivity contribution in [3.8, 4) is 10.6 Å². The zero-order valence-electron chi connectivity index (χ0n) is 11.3. The van der Waals surface area contributed by atoms with E-state index in [0.29, 0.717) is 13.2 Å². The molecule has 0 bridgehead atoms. The standard InChI is InChI=1S/C13H14N6OS/c14-6-10-5-8(1-3-15-10)12-18-19-11(9-2-4-20-7-9)16-17-13(19)21-12/h1,3,5,9H,2,4,6-7,14H2. The molecule has 1 aliphatic heterocycles. The minimum Gasteiger partial charge on any atom is -0.381 e. The fourth-order valence-electron chi connectivity index (χ4n) is 2.46. The third-order valence-electron chi connectivity index (χ3n) is 3.58. The molecule has 1 aliphatic rings. The number of aromatic nitrogens is 5. The summed E-state index contributed by atoms with van der Waals surface area (Å²) in [6, 6.07) is 3.90. The third kappa shape index (κ3) is 2.21. The van der Waals surface area contributed by atoms with Crippen molar-refractivity contribution in [1.29, 1.82) is 0 Å². The fraction of sp³-hybridized carbons (Fsp3) is 0.385. The summed E-state index contributed by atoms with van der Waals surface area (Å²) in [5.41, 5.74) is 7.50. The van der Waals surface area contributed by atoms with E-state index in [0.717, 1.165) is 40.1 Å². The highest BCUT2D eigenvalue weighted by molar-refractivity contribution is 7.19. The molecule has 8 heteroatoms. The van der Waals surface area contributed by atoms with E-state index >= 15 is 0 Å². The Balaban J connectivity index is 1.76. The second kappa shape index (κ2) is 5.14. The van der Waals surface area contributed by atoms with Crippen LogP contribution in [0.2, 0.25) is 0 Å². The molecule has 1 unspecified atom stereocenters. The second-order valence-electron chi connectivity index (χ2n) is 4.96. The molecule has 1 saturated heterocycles. The summed E-state index contributed by atoms with van der Waals surface area (Å²) in [4.78, 5) is 5.01. The van der Waals surface area contributed by atoms with Crippen LogP contribution in [0.5, 0.6) is 0 Å². The van der Waals surface area contributed by atoms with Crippen molar-refractivity contribution in [3.63, 3.8) is 0 Å². The van der Waals surface area contributed by atoms with Crippen LogP contribution in [0.25, 0.3) is 15.5 Å². The van der Waals surface area contributed by atoms with Gasteiger partial charge in [0, 0.05) is 30.8 Å². The molecule has 1 atom stereocenters. The van der Waals surface area contributed by atoms with Crippen LogP contribution in [0.4, 0.5) is 0 Å². The summed E-state index contributed by atoms with van der Waals surface area (Å²) < 4.78 is 7.26. The molecule has 0 aliphatic carbocycles. The molecule has 21 heavy (non-hydrogen) atoms. The highest BCUT2D eigenvalue weighted by Crippen LogP contribution is 2.29. The summed E-state index contributed by atoms with van der Waals surface area (Å²) >= 11 is 1.52. The summed E-state index contributed by atoms with van der Waals surface area (Å²) in [5.74, 6) is 1.17. The van der Waals surface area contributed by atoms with E-state index in [9.17, 15) is 0 Å². The van der Waals surface area contributed by atoms with Crippen LogP contribution in [-0.4, -0.2) is 38.0 Å². The molecule has 0 amide bonds. The molecule has 0 radical (unpaired) electrons. The van der Waals surface area contributed by atoms with Crippen molar-refractivity contribution in [2.24, 2.45) is 5.73 Å². The summed E-state index contributed by atoms with van der Waals surface area (Å²) in [6.45, 7) is 1.89. The number of nitrogens with zero attached hydrogens (tertiary/aromatic N) is 5. The van der Waals surface area contributed by atoms with Crippen LogP contribution >= 0.6 is 11.3 Å². The van der Waals surface area contributed by atoms with Crippen molar-refractivity contribution in [2.45, 2.75) is 18.9 Å². The first-order valence-electron chi connectivity index (χ1n) is 6.80. The van der Waals surface area contributed by atoms with Crippen molar-refractivity contribution in [1.82, 2.24) is 24.8 Å². The molecule has 0 aromatic carbocycles. The highest BCUT2D eigenvalue weighted by atomic mass is 32.1. The molecule has 1 fully saturated rings. The molecule has 108 valence electrons. The van der Waals surface area contributed by atoms with Crippen LogP contribution in [0.3, 0.4) is 0 Å². The number of hydrogen-bond acceptors (Lipinski definition) is 7.